The van der Waals surface area contributed by atoms with Crippen LogP contribution in [0.2, 0.25) is 0 Å². The highest BCUT2D eigenvalue weighted by Gasteiger charge is 2.10. The van der Waals surface area contributed by atoms with Gasteiger partial charge in [-0.1, -0.05) is 18.2 Å². The molecule has 5 aromatic rings. The van der Waals surface area contributed by atoms with Gasteiger partial charge in [0.1, 0.15) is 17.9 Å². The molecule has 0 saturated heterocycles. The lowest BCUT2D eigenvalue weighted by Gasteiger charge is -2.10. The van der Waals surface area contributed by atoms with Crippen molar-refractivity contribution in [3.8, 4) is 22.6 Å². The molecule has 0 atom stereocenters. The highest BCUT2D eigenvalue weighted by molar-refractivity contribution is 5.94. The number of fused-ring (bicyclic) bond motifs is 1. The standard InChI is InChI=1S/C25H21N5O/c1-17-7-8-19(15-28-17)22-14-24(30-16-29-22)26-11-9-18-4-2-5-21-20(10-12-27-25(18)21)23-6-3-13-31-23/h2-8,10,12-16H,9,11H2,1H3,(H,26,29,30). The van der Waals surface area contributed by atoms with Crippen molar-refractivity contribution in [3.05, 3.63) is 90.8 Å². The summed E-state index contributed by atoms with van der Waals surface area (Å²) in [6.07, 6.45) is 7.76. The first kappa shape index (κ1) is 18.9. The molecule has 152 valence electrons. The monoisotopic (exact) mass is 407 g/mol. The summed E-state index contributed by atoms with van der Waals surface area (Å²) in [7, 11) is 0. The number of nitrogens with zero attached hydrogens (tertiary/aromatic N) is 4. The van der Waals surface area contributed by atoms with E-state index in [1.54, 1.807) is 12.6 Å². The maximum Gasteiger partial charge on any atom is 0.134 e. The van der Waals surface area contributed by atoms with Crippen LogP contribution in [-0.2, 0) is 6.42 Å². The minimum atomic E-state index is 0.731. The van der Waals surface area contributed by atoms with Gasteiger partial charge in [-0.3, -0.25) is 9.97 Å². The van der Waals surface area contributed by atoms with Crippen LogP contribution in [0.25, 0.3) is 33.5 Å². The van der Waals surface area contributed by atoms with E-state index in [0.29, 0.717) is 0 Å². The van der Waals surface area contributed by atoms with E-state index in [4.69, 9.17) is 4.42 Å². The molecule has 0 saturated carbocycles. The first-order valence-electron chi connectivity index (χ1n) is 10.2. The Labute approximate surface area is 180 Å². The second kappa shape index (κ2) is 8.36. The molecule has 0 aliphatic rings. The number of furan rings is 1. The normalized spacial score (nSPS) is 11.0. The number of hydrogen-bond donors (Lipinski definition) is 1. The average molecular weight is 407 g/mol. The van der Waals surface area contributed by atoms with E-state index in [9.17, 15) is 0 Å². The van der Waals surface area contributed by atoms with Gasteiger partial charge in [-0.05, 0) is 49.2 Å². The Bertz CT molecular complexity index is 1310. The third kappa shape index (κ3) is 4.00. The van der Waals surface area contributed by atoms with E-state index in [-0.39, 0.29) is 0 Å². The fourth-order valence-electron chi connectivity index (χ4n) is 3.64. The maximum atomic E-state index is 5.60. The Morgan fingerprint density at radius 1 is 0.935 bits per heavy atom. The van der Waals surface area contributed by atoms with Crippen molar-refractivity contribution in [2.75, 3.05) is 11.9 Å². The molecule has 4 heterocycles. The fourth-order valence-corrected chi connectivity index (χ4v) is 3.64. The van der Waals surface area contributed by atoms with E-state index in [2.05, 4.69) is 43.5 Å². The van der Waals surface area contributed by atoms with Crippen LogP contribution in [0.1, 0.15) is 11.3 Å². The van der Waals surface area contributed by atoms with Gasteiger partial charge in [0.15, 0.2) is 0 Å². The number of hydrogen-bond acceptors (Lipinski definition) is 6. The van der Waals surface area contributed by atoms with Crippen LogP contribution >= 0.6 is 0 Å². The van der Waals surface area contributed by atoms with Gasteiger partial charge < -0.3 is 9.73 Å². The van der Waals surface area contributed by atoms with E-state index in [0.717, 1.165) is 58.0 Å². The Morgan fingerprint density at radius 2 is 1.90 bits per heavy atom. The molecule has 0 aliphatic heterocycles. The molecule has 0 bridgehead atoms. The Balaban J connectivity index is 1.34. The summed E-state index contributed by atoms with van der Waals surface area (Å²) in [5.41, 5.74) is 6.02. The zero-order valence-corrected chi connectivity index (χ0v) is 17.1. The molecule has 4 aromatic heterocycles. The first-order valence-corrected chi connectivity index (χ1v) is 10.2. The van der Waals surface area contributed by atoms with E-state index < -0.39 is 0 Å². The van der Waals surface area contributed by atoms with Crippen molar-refractivity contribution < 1.29 is 4.42 Å². The van der Waals surface area contributed by atoms with Crippen LogP contribution in [0.3, 0.4) is 0 Å². The van der Waals surface area contributed by atoms with Gasteiger partial charge in [0.25, 0.3) is 0 Å². The number of benzene rings is 1. The Kier molecular flexibility index (Phi) is 5.10. The Morgan fingerprint density at radius 3 is 2.74 bits per heavy atom. The van der Waals surface area contributed by atoms with Gasteiger partial charge in [-0.25, -0.2) is 9.97 Å². The van der Waals surface area contributed by atoms with Gasteiger partial charge in [0, 0.05) is 47.2 Å². The van der Waals surface area contributed by atoms with Crippen LogP contribution in [0.5, 0.6) is 0 Å². The second-order valence-electron chi connectivity index (χ2n) is 7.30. The van der Waals surface area contributed by atoms with Gasteiger partial charge in [-0.15, -0.1) is 0 Å². The fraction of sp³-hybridized carbons (Fsp3) is 0.120. The third-order valence-electron chi connectivity index (χ3n) is 5.22. The van der Waals surface area contributed by atoms with Gasteiger partial charge in [0.2, 0.25) is 0 Å². The summed E-state index contributed by atoms with van der Waals surface area (Å²) < 4.78 is 5.60. The molecule has 0 radical (unpaired) electrons. The minimum Gasteiger partial charge on any atom is -0.464 e. The molecule has 0 spiro atoms. The topological polar surface area (TPSA) is 76.7 Å². The zero-order chi connectivity index (χ0) is 21.0. The number of nitrogens with one attached hydrogen (secondary N) is 1. The predicted octanol–water partition coefficient (Wildman–Crippen LogP) is 5.31. The number of anilines is 1. The molecular weight excluding hydrogens is 386 g/mol. The lowest BCUT2D eigenvalue weighted by molar-refractivity contribution is 0.583. The SMILES string of the molecule is Cc1ccc(-c2cc(NCCc3cccc4c(-c5ccco5)ccnc34)ncn2)cn1. The summed E-state index contributed by atoms with van der Waals surface area (Å²) in [6.45, 7) is 2.70. The van der Waals surface area contributed by atoms with Gasteiger partial charge in [0.05, 0.1) is 17.5 Å². The van der Waals surface area contributed by atoms with E-state index >= 15 is 0 Å². The van der Waals surface area contributed by atoms with Crippen LogP contribution in [0.15, 0.2) is 84.0 Å². The quantitative estimate of drug-likeness (QED) is 0.411. The highest BCUT2D eigenvalue weighted by atomic mass is 16.3. The van der Waals surface area contributed by atoms with Crippen LogP contribution < -0.4 is 5.32 Å². The third-order valence-corrected chi connectivity index (χ3v) is 5.22. The summed E-state index contributed by atoms with van der Waals surface area (Å²) in [5, 5.41) is 4.49. The molecule has 0 aliphatic carbocycles. The first-order chi connectivity index (χ1) is 15.3. The zero-order valence-electron chi connectivity index (χ0n) is 17.1. The van der Waals surface area contributed by atoms with Crippen LogP contribution in [0, 0.1) is 6.92 Å². The highest BCUT2D eigenvalue weighted by Crippen LogP contribution is 2.29. The molecule has 1 N–H and O–H groups in total. The number of rotatable bonds is 6. The lowest BCUT2D eigenvalue weighted by atomic mass is 10.0. The summed E-state index contributed by atoms with van der Waals surface area (Å²) in [5.74, 6) is 1.64. The molecule has 6 heteroatoms. The molecule has 6 nitrogen and oxygen atoms in total. The summed E-state index contributed by atoms with van der Waals surface area (Å²) in [4.78, 5) is 17.7. The molecule has 0 unspecified atom stereocenters. The molecule has 1 aromatic carbocycles. The van der Waals surface area contributed by atoms with Crippen LogP contribution in [-0.4, -0.2) is 26.5 Å². The smallest absolute Gasteiger partial charge is 0.134 e. The van der Waals surface area contributed by atoms with Crippen molar-refractivity contribution in [1.82, 2.24) is 19.9 Å². The number of pyridine rings is 2. The van der Waals surface area contributed by atoms with Crippen LogP contribution in [0.4, 0.5) is 5.82 Å². The largest absolute Gasteiger partial charge is 0.464 e. The lowest BCUT2D eigenvalue weighted by Crippen LogP contribution is -2.07. The number of aryl methyl sites for hydroxylation is 1. The molecule has 31 heavy (non-hydrogen) atoms. The van der Waals surface area contributed by atoms with Crippen molar-refractivity contribution >= 4 is 16.7 Å². The predicted molar refractivity (Wildman–Crippen MR) is 122 cm³/mol. The van der Waals surface area contributed by atoms with Crippen molar-refractivity contribution in [1.29, 1.82) is 0 Å². The van der Waals surface area contributed by atoms with Gasteiger partial charge in [-0.2, -0.15) is 0 Å². The van der Waals surface area contributed by atoms with E-state index in [1.165, 1.54) is 5.56 Å². The molecule has 0 amide bonds. The van der Waals surface area contributed by atoms with Crippen molar-refractivity contribution in [3.63, 3.8) is 0 Å². The number of aromatic nitrogens is 4. The number of para-hydroxylation sites is 1. The maximum absolute atomic E-state index is 5.60. The minimum absolute atomic E-state index is 0.731. The van der Waals surface area contributed by atoms with Gasteiger partial charge >= 0.3 is 0 Å². The molecule has 5 rings (SSSR count). The molecule has 0 fully saturated rings. The Hall–Kier alpha value is -4.06. The summed E-state index contributed by atoms with van der Waals surface area (Å²) >= 11 is 0. The summed E-state index contributed by atoms with van der Waals surface area (Å²) in [6, 6.07) is 18.1. The average Bonchev–Trinajstić information content (AvgIpc) is 3.34. The van der Waals surface area contributed by atoms with E-state index in [1.807, 2.05) is 55.7 Å². The second-order valence-corrected chi connectivity index (χ2v) is 7.30. The molecular formula is C25H21N5O. The van der Waals surface area contributed by atoms with Crippen molar-refractivity contribution in [2.24, 2.45) is 0 Å². The van der Waals surface area contributed by atoms with Crippen molar-refractivity contribution in [2.45, 2.75) is 13.3 Å².